The van der Waals surface area contributed by atoms with Gasteiger partial charge in [0.05, 0.1) is 17.9 Å². The average molecular weight is 432 g/mol. The monoisotopic (exact) mass is 431 g/mol. The van der Waals surface area contributed by atoms with Gasteiger partial charge in [0.25, 0.3) is 0 Å². The lowest BCUT2D eigenvalue weighted by Crippen LogP contribution is -2.29. The van der Waals surface area contributed by atoms with Gasteiger partial charge < -0.3 is 19.9 Å². The lowest BCUT2D eigenvalue weighted by molar-refractivity contribution is 0.150. The van der Waals surface area contributed by atoms with Crippen LogP contribution in [0.5, 0.6) is 11.5 Å². The van der Waals surface area contributed by atoms with E-state index in [4.69, 9.17) is 9.47 Å². The van der Waals surface area contributed by atoms with Crippen molar-refractivity contribution in [1.29, 1.82) is 0 Å². The summed E-state index contributed by atoms with van der Waals surface area (Å²) in [5, 5.41) is 16.8. The van der Waals surface area contributed by atoms with Gasteiger partial charge in [0, 0.05) is 5.56 Å². The van der Waals surface area contributed by atoms with Crippen molar-refractivity contribution in [2.24, 2.45) is 5.92 Å². The van der Waals surface area contributed by atoms with Crippen molar-refractivity contribution in [2.75, 3.05) is 25.0 Å². The van der Waals surface area contributed by atoms with Gasteiger partial charge in [-0.3, -0.25) is 5.32 Å². The second-order valence-corrected chi connectivity index (χ2v) is 8.05. The molecule has 1 amide bonds. The molecule has 5 rings (SSSR count). The summed E-state index contributed by atoms with van der Waals surface area (Å²) in [6.45, 7) is 2.78. The lowest BCUT2D eigenvalue weighted by Gasteiger charge is -2.28. The number of nitrogens with one attached hydrogen (secondary N) is 2. The van der Waals surface area contributed by atoms with Gasteiger partial charge in [-0.05, 0) is 74.4 Å². The molecule has 2 aromatic rings. The molecule has 0 bridgehead atoms. The van der Waals surface area contributed by atoms with Crippen molar-refractivity contribution in [2.45, 2.75) is 38.2 Å². The SMILES string of the molecule is Cl.O=C1Nc2nc(-c3c(O)cccc3OCC3CC3)cc(C3CCNCC3)c2CO1. The fourth-order valence-corrected chi connectivity index (χ4v) is 4.13. The Kier molecular flexibility index (Phi) is 6.01. The van der Waals surface area contributed by atoms with E-state index in [0.717, 1.165) is 37.1 Å². The molecule has 0 spiro atoms. The van der Waals surface area contributed by atoms with Gasteiger partial charge in [-0.25, -0.2) is 9.78 Å². The van der Waals surface area contributed by atoms with Crippen molar-refractivity contribution in [3.8, 4) is 22.8 Å². The number of halogens is 1. The molecular weight excluding hydrogens is 406 g/mol. The maximum Gasteiger partial charge on any atom is 0.413 e. The predicted octanol–water partition coefficient (Wildman–Crippen LogP) is 4.19. The maximum absolute atomic E-state index is 11.8. The zero-order valence-electron chi connectivity index (χ0n) is 16.6. The summed E-state index contributed by atoms with van der Waals surface area (Å²) in [6, 6.07) is 7.33. The largest absolute Gasteiger partial charge is 0.507 e. The number of hydrogen-bond acceptors (Lipinski definition) is 6. The smallest absolute Gasteiger partial charge is 0.413 e. The number of hydrogen-bond donors (Lipinski definition) is 3. The summed E-state index contributed by atoms with van der Waals surface area (Å²) in [5.41, 5.74) is 3.24. The number of piperidine rings is 1. The summed E-state index contributed by atoms with van der Waals surface area (Å²) >= 11 is 0. The van der Waals surface area contributed by atoms with Gasteiger partial charge in [0.15, 0.2) is 0 Å². The molecule has 3 aliphatic rings. The second kappa shape index (κ2) is 8.70. The standard InChI is InChI=1S/C22H25N3O4.ClH/c26-18-2-1-3-19(28-11-13-4-5-13)20(18)17-10-15(14-6-8-23-9-7-14)16-12-29-22(27)25-21(16)24-17;/h1-3,10,13-14,23,26H,4-9,11-12H2,(H,24,25,27);1H. The number of carbonyl (C=O) groups is 1. The van der Waals surface area contributed by atoms with Crippen LogP contribution in [-0.2, 0) is 11.3 Å². The van der Waals surface area contributed by atoms with Gasteiger partial charge in [-0.15, -0.1) is 12.4 Å². The summed E-state index contributed by atoms with van der Waals surface area (Å²) in [7, 11) is 0. The third kappa shape index (κ3) is 4.18. The number of benzene rings is 1. The minimum absolute atomic E-state index is 0. The number of carbonyl (C=O) groups excluding carboxylic acids is 1. The predicted molar refractivity (Wildman–Crippen MR) is 115 cm³/mol. The van der Waals surface area contributed by atoms with Crippen LogP contribution in [0, 0.1) is 5.92 Å². The number of phenols is 1. The highest BCUT2D eigenvalue weighted by molar-refractivity contribution is 5.88. The van der Waals surface area contributed by atoms with Crippen LogP contribution in [0.2, 0.25) is 0 Å². The normalized spacial score (nSPS) is 18.6. The number of anilines is 1. The summed E-state index contributed by atoms with van der Waals surface area (Å²) in [5.74, 6) is 2.22. The van der Waals surface area contributed by atoms with Crippen molar-refractivity contribution in [3.05, 3.63) is 35.4 Å². The second-order valence-electron chi connectivity index (χ2n) is 8.05. The molecule has 2 aliphatic heterocycles. The minimum atomic E-state index is -0.499. The molecule has 3 heterocycles. The highest BCUT2D eigenvalue weighted by atomic mass is 35.5. The van der Waals surface area contributed by atoms with E-state index in [0.29, 0.717) is 41.3 Å². The highest BCUT2D eigenvalue weighted by Crippen LogP contribution is 2.42. The van der Waals surface area contributed by atoms with E-state index in [2.05, 4.69) is 15.6 Å². The molecule has 1 aromatic carbocycles. The topological polar surface area (TPSA) is 92.7 Å². The van der Waals surface area contributed by atoms with E-state index < -0.39 is 6.09 Å². The van der Waals surface area contributed by atoms with Crippen molar-refractivity contribution in [3.63, 3.8) is 0 Å². The number of nitrogens with zero attached hydrogens (tertiary/aromatic N) is 1. The first-order valence-electron chi connectivity index (χ1n) is 10.3. The minimum Gasteiger partial charge on any atom is -0.507 e. The zero-order valence-corrected chi connectivity index (χ0v) is 17.5. The number of ether oxygens (including phenoxy) is 2. The highest BCUT2D eigenvalue weighted by Gasteiger charge is 2.28. The molecule has 0 atom stereocenters. The quantitative estimate of drug-likeness (QED) is 0.657. The molecule has 0 radical (unpaired) electrons. The number of amides is 1. The van der Waals surface area contributed by atoms with E-state index in [-0.39, 0.29) is 24.8 Å². The Morgan fingerprint density at radius 3 is 2.77 bits per heavy atom. The van der Waals surface area contributed by atoms with E-state index in [9.17, 15) is 9.90 Å². The van der Waals surface area contributed by atoms with Gasteiger partial charge in [0.2, 0.25) is 0 Å². The van der Waals surface area contributed by atoms with Gasteiger partial charge in [-0.2, -0.15) is 0 Å². The summed E-state index contributed by atoms with van der Waals surface area (Å²) in [4.78, 5) is 16.5. The van der Waals surface area contributed by atoms with Gasteiger partial charge in [0.1, 0.15) is 23.9 Å². The average Bonchev–Trinajstić information content (AvgIpc) is 3.56. The Labute approximate surface area is 181 Å². The van der Waals surface area contributed by atoms with Crippen LogP contribution in [0.1, 0.15) is 42.7 Å². The third-order valence-corrected chi connectivity index (χ3v) is 5.94. The van der Waals surface area contributed by atoms with Crippen LogP contribution >= 0.6 is 12.4 Å². The van der Waals surface area contributed by atoms with Gasteiger partial charge in [-0.1, -0.05) is 6.07 Å². The first kappa shape index (κ1) is 20.8. The fraction of sp³-hybridized carbons (Fsp3) is 0.455. The summed E-state index contributed by atoms with van der Waals surface area (Å²) < 4.78 is 11.2. The molecule has 2 fully saturated rings. The van der Waals surface area contributed by atoms with Crippen LogP contribution < -0.4 is 15.4 Å². The van der Waals surface area contributed by atoms with Crippen molar-refractivity contribution < 1.29 is 19.4 Å². The number of aromatic nitrogens is 1. The molecule has 7 nitrogen and oxygen atoms in total. The zero-order chi connectivity index (χ0) is 19.8. The van der Waals surface area contributed by atoms with E-state index in [1.165, 1.54) is 12.8 Å². The third-order valence-electron chi connectivity index (χ3n) is 5.94. The molecule has 0 unspecified atom stereocenters. The van der Waals surface area contributed by atoms with Crippen LogP contribution in [0.3, 0.4) is 0 Å². The Balaban J connectivity index is 0.00000218. The molecular formula is C22H26ClN3O4. The van der Waals surface area contributed by atoms with Gasteiger partial charge >= 0.3 is 6.09 Å². The number of cyclic esters (lactones) is 1. The van der Waals surface area contributed by atoms with E-state index in [1.807, 2.05) is 12.1 Å². The van der Waals surface area contributed by atoms with Crippen molar-refractivity contribution >= 4 is 24.3 Å². The van der Waals surface area contributed by atoms with Crippen LogP contribution in [0.15, 0.2) is 24.3 Å². The van der Waals surface area contributed by atoms with E-state index in [1.54, 1.807) is 12.1 Å². The number of rotatable bonds is 5. The molecule has 8 heteroatoms. The molecule has 1 saturated carbocycles. The molecule has 30 heavy (non-hydrogen) atoms. The summed E-state index contributed by atoms with van der Waals surface area (Å²) in [6.07, 6.45) is 3.90. The fourth-order valence-electron chi connectivity index (χ4n) is 4.13. The Hall–Kier alpha value is -2.51. The molecule has 1 saturated heterocycles. The lowest BCUT2D eigenvalue weighted by atomic mass is 9.86. The number of pyridine rings is 1. The molecule has 160 valence electrons. The van der Waals surface area contributed by atoms with Crippen molar-refractivity contribution in [1.82, 2.24) is 10.3 Å². The first-order chi connectivity index (χ1) is 14.2. The number of phenolic OH excluding ortho intramolecular Hbond substituents is 1. The molecule has 1 aliphatic carbocycles. The molecule has 1 aromatic heterocycles. The Morgan fingerprint density at radius 2 is 2.00 bits per heavy atom. The first-order valence-corrected chi connectivity index (χ1v) is 10.3. The van der Waals surface area contributed by atoms with Crippen LogP contribution in [0.25, 0.3) is 11.3 Å². The van der Waals surface area contributed by atoms with Crippen LogP contribution in [0.4, 0.5) is 10.6 Å². The molecule has 3 N–H and O–H groups in total. The number of fused-ring (bicyclic) bond motifs is 1. The van der Waals surface area contributed by atoms with E-state index >= 15 is 0 Å². The maximum atomic E-state index is 11.8. The van der Waals surface area contributed by atoms with Crippen LogP contribution in [-0.4, -0.2) is 35.9 Å². The Morgan fingerprint density at radius 1 is 1.20 bits per heavy atom. The number of aromatic hydroxyl groups is 1. The Bertz CT molecular complexity index is 942.